The molecule has 164 valence electrons. The molecule has 0 spiro atoms. The van der Waals surface area contributed by atoms with Crippen LogP contribution < -0.4 is 0 Å². The molecule has 2 aliphatic heterocycles. The molecule has 0 atom stereocenters. The number of hydrogen-bond donors (Lipinski definition) is 2. The van der Waals surface area contributed by atoms with E-state index in [9.17, 15) is 39.0 Å². The molecule has 0 aromatic rings. The van der Waals surface area contributed by atoms with E-state index >= 15 is 0 Å². The van der Waals surface area contributed by atoms with E-state index in [1.54, 1.807) is 0 Å². The Bertz CT molecular complexity index is 712. The fraction of sp³-hybridized carbons (Fsp3) is 0.556. The summed E-state index contributed by atoms with van der Waals surface area (Å²) in [7, 11) is 0. The Labute approximate surface area is 171 Å². The van der Waals surface area contributed by atoms with E-state index in [4.69, 9.17) is 9.47 Å². The van der Waals surface area contributed by atoms with Crippen molar-refractivity contribution in [1.82, 2.24) is 9.80 Å². The van der Waals surface area contributed by atoms with Gasteiger partial charge in [0.15, 0.2) is 0 Å². The molecule has 0 aromatic heterocycles. The minimum atomic E-state index is -1.76. The van der Waals surface area contributed by atoms with Gasteiger partial charge in [0.1, 0.15) is 0 Å². The smallest absolute Gasteiger partial charge is 0.332 e. The second kappa shape index (κ2) is 10.6. The zero-order chi connectivity index (χ0) is 22.3. The number of nitrogens with zero attached hydrogens (tertiary/aromatic N) is 2. The monoisotopic (exact) mass is 426 g/mol. The van der Waals surface area contributed by atoms with Crippen molar-refractivity contribution in [3.8, 4) is 0 Å². The van der Waals surface area contributed by atoms with E-state index in [0.717, 1.165) is 0 Å². The summed E-state index contributed by atoms with van der Waals surface area (Å²) in [4.78, 5) is 74.5. The van der Waals surface area contributed by atoms with Gasteiger partial charge < -0.3 is 29.5 Å². The van der Waals surface area contributed by atoms with Crippen LogP contribution in [0.15, 0.2) is 11.1 Å². The predicted molar refractivity (Wildman–Crippen MR) is 96.3 cm³/mol. The van der Waals surface area contributed by atoms with Gasteiger partial charge in [0.2, 0.25) is 11.6 Å². The highest BCUT2D eigenvalue weighted by atomic mass is 16.5. The number of hydrogen-bond acceptors (Lipinski definition) is 8. The summed E-state index contributed by atoms with van der Waals surface area (Å²) in [6.07, 6.45) is -2.02. The van der Waals surface area contributed by atoms with Crippen LogP contribution in [0.1, 0.15) is 12.8 Å². The first kappa shape index (κ1) is 23.2. The lowest BCUT2D eigenvalue weighted by Crippen LogP contribution is -2.44. The number of carbonyl (C=O) groups excluding carboxylic acids is 4. The van der Waals surface area contributed by atoms with E-state index in [2.05, 4.69) is 0 Å². The number of aliphatic carboxylic acids is 2. The number of carboxylic acid groups (broad SMARTS) is 2. The van der Waals surface area contributed by atoms with Gasteiger partial charge in [-0.2, -0.15) is 0 Å². The summed E-state index contributed by atoms with van der Waals surface area (Å²) in [5.74, 6) is -7.70. The lowest BCUT2D eigenvalue weighted by atomic mass is 9.97. The van der Waals surface area contributed by atoms with Crippen LogP contribution in [0.4, 0.5) is 0 Å². The lowest BCUT2D eigenvalue weighted by molar-refractivity contribution is -0.148. The maximum atomic E-state index is 12.3. The molecular formula is C18H22N2O10. The normalized spacial score (nSPS) is 17.7. The highest BCUT2D eigenvalue weighted by Crippen LogP contribution is 2.17. The van der Waals surface area contributed by atoms with Crippen molar-refractivity contribution in [2.24, 2.45) is 0 Å². The number of ketones is 2. The first-order valence-electron chi connectivity index (χ1n) is 9.20. The predicted octanol–water partition coefficient (Wildman–Crippen LogP) is -1.91. The Kier molecular flexibility index (Phi) is 8.18. The summed E-state index contributed by atoms with van der Waals surface area (Å²) in [5.41, 5.74) is -1.81. The molecule has 2 rings (SSSR count). The quantitative estimate of drug-likeness (QED) is 0.330. The highest BCUT2D eigenvalue weighted by molar-refractivity contribution is 6.38. The number of Topliss-reactive ketones (excluding diaryl/α,β-unsaturated/α-hetero) is 2. The van der Waals surface area contributed by atoms with Crippen LogP contribution in [-0.2, 0) is 38.2 Å². The topological polar surface area (TPSA) is 168 Å². The van der Waals surface area contributed by atoms with Gasteiger partial charge in [0, 0.05) is 39.0 Å². The Hall–Kier alpha value is -3.12. The molecule has 2 N–H and O–H groups in total. The largest absolute Gasteiger partial charge is 0.478 e. The molecule has 2 amide bonds. The van der Waals surface area contributed by atoms with Crippen molar-refractivity contribution in [2.45, 2.75) is 12.8 Å². The molecule has 2 aliphatic rings. The van der Waals surface area contributed by atoms with Crippen LogP contribution in [0.3, 0.4) is 0 Å². The molecule has 0 aromatic carbocycles. The number of carboxylic acids is 2. The van der Waals surface area contributed by atoms with Crippen molar-refractivity contribution in [3.63, 3.8) is 0 Å². The molecular weight excluding hydrogens is 404 g/mol. The number of carbonyl (C=O) groups is 6. The number of morpholine rings is 2. The second-order valence-corrected chi connectivity index (χ2v) is 6.58. The SMILES string of the molecule is O=C(C/C(C(=O)O)=C(/CC(=O)C(=O)N1CCOCC1)C(=O)O)C(=O)N1CCOCC1. The fourth-order valence-electron chi connectivity index (χ4n) is 2.98. The zero-order valence-electron chi connectivity index (χ0n) is 16.1. The number of ether oxygens (including phenoxy) is 2. The van der Waals surface area contributed by atoms with Gasteiger partial charge >= 0.3 is 11.9 Å². The molecule has 0 aliphatic carbocycles. The molecule has 0 bridgehead atoms. The average molecular weight is 426 g/mol. The molecule has 0 unspecified atom stereocenters. The van der Waals surface area contributed by atoms with Crippen molar-refractivity contribution in [1.29, 1.82) is 0 Å². The van der Waals surface area contributed by atoms with Crippen LogP contribution in [0.25, 0.3) is 0 Å². The third-order valence-electron chi connectivity index (χ3n) is 4.63. The average Bonchev–Trinajstić information content (AvgIpc) is 2.75. The maximum Gasteiger partial charge on any atom is 0.332 e. The van der Waals surface area contributed by atoms with E-state index in [1.165, 1.54) is 9.80 Å². The van der Waals surface area contributed by atoms with Crippen LogP contribution >= 0.6 is 0 Å². The summed E-state index contributed by atoms with van der Waals surface area (Å²) in [6, 6.07) is 0. The Morgan fingerprint density at radius 3 is 1.17 bits per heavy atom. The minimum Gasteiger partial charge on any atom is -0.478 e. The van der Waals surface area contributed by atoms with Gasteiger partial charge in [-0.15, -0.1) is 0 Å². The number of rotatable bonds is 8. The van der Waals surface area contributed by atoms with E-state index in [0.29, 0.717) is 0 Å². The van der Waals surface area contributed by atoms with E-state index in [1.807, 2.05) is 0 Å². The Balaban J connectivity index is 2.18. The molecule has 2 fully saturated rings. The van der Waals surface area contributed by atoms with Crippen LogP contribution in [-0.4, -0.2) is 108 Å². The fourth-order valence-corrected chi connectivity index (χ4v) is 2.98. The molecule has 30 heavy (non-hydrogen) atoms. The summed E-state index contributed by atoms with van der Waals surface area (Å²) in [6.45, 7) is 1.48. The first-order valence-corrected chi connectivity index (χ1v) is 9.20. The third kappa shape index (κ3) is 5.94. The Morgan fingerprint density at radius 1 is 0.600 bits per heavy atom. The van der Waals surface area contributed by atoms with Gasteiger partial charge in [-0.3, -0.25) is 19.2 Å². The lowest BCUT2D eigenvalue weighted by Gasteiger charge is -2.26. The van der Waals surface area contributed by atoms with Crippen molar-refractivity contribution < 1.29 is 48.5 Å². The summed E-state index contributed by atoms with van der Waals surface area (Å²) >= 11 is 0. The van der Waals surface area contributed by atoms with E-state index in [-0.39, 0.29) is 52.6 Å². The van der Waals surface area contributed by atoms with Gasteiger partial charge in [-0.1, -0.05) is 0 Å². The number of amides is 2. The molecule has 2 saturated heterocycles. The second-order valence-electron chi connectivity index (χ2n) is 6.58. The molecule has 0 radical (unpaired) electrons. The van der Waals surface area contributed by atoms with Crippen LogP contribution in [0.5, 0.6) is 0 Å². The minimum absolute atomic E-state index is 0.148. The van der Waals surface area contributed by atoms with Crippen LogP contribution in [0, 0.1) is 0 Å². The van der Waals surface area contributed by atoms with E-state index < -0.39 is 59.3 Å². The molecule has 2 heterocycles. The molecule has 0 saturated carbocycles. The zero-order valence-corrected chi connectivity index (χ0v) is 16.1. The van der Waals surface area contributed by atoms with Crippen molar-refractivity contribution in [3.05, 3.63) is 11.1 Å². The van der Waals surface area contributed by atoms with Gasteiger partial charge in [-0.25, -0.2) is 9.59 Å². The third-order valence-corrected chi connectivity index (χ3v) is 4.63. The van der Waals surface area contributed by atoms with Gasteiger partial charge in [-0.05, 0) is 0 Å². The molecule has 12 heteroatoms. The van der Waals surface area contributed by atoms with Gasteiger partial charge in [0.05, 0.1) is 37.6 Å². The van der Waals surface area contributed by atoms with Crippen molar-refractivity contribution >= 4 is 35.3 Å². The summed E-state index contributed by atoms with van der Waals surface area (Å²) < 4.78 is 10.1. The van der Waals surface area contributed by atoms with Gasteiger partial charge in [0.25, 0.3) is 11.8 Å². The Morgan fingerprint density at radius 2 is 0.900 bits per heavy atom. The first-order chi connectivity index (χ1) is 14.2. The standard InChI is InChI=1S/C18H22N2O10/c21-13(15(23)19-1-5-29-6-2-19)9-11(17(25)26)12(18(27)28)10-14(22)16(24)20-3-7-30-8-4-20/h1-10H2,(H,25,26)(H,27,28)/b12-11+. The molecule has 12 nitrogen and oxygen atoms in total. The summed E-state index contributed by atoms with van der Waals surface area (Å²) in [5, 5.41) is 18.8. The van der Waals surface area contributed by atoms with Crippen molar-refractivity contribution in [2.75, 3.05) is 52.6 Å². The van der Waals surface area contributed by atoms with Crippen LogP contribution in [0.2, 0.25) is 0 Å². The highest BCUT2D eigenvalue weighted by Gasteiger charge is 2.32. The maximum absolute atomic E-state index is 12.3.